The Morgan fingerprint density at radius 2 is 1.89 bits per heavy atom. The van der Waals surface area contributed by atoms with Crippen molar-refractivity contribution in [2.24, 2.45) is 5.92 Å². The smallest absolute Gasteiger partial charge is 0.307 e. The predicted octanol–water partition coefficient (Wildman–Crippen LogP) is 5.93. The Morgan fingerprint density at radius 3 is 2.57 bits per heavy atom. The summed E-state index contributed by atoms with van der Waals surface area (Å²) in [7, 11) is 0. The van der Waals surface area contributed by atoms with E-state index in [1.165, 1.54) is 0 Å². The number of piperidine rings is 1. The van der Waals surface area contributed by atoms with Crippen LogP contribution in [0.4, 0.5) is 0 Å². The molecule has 4 nitrogen and oxygen atoms in total. The molecule has 7 heteroatoms. The number of benzene rings is 2. The summed E-state index contributed by atoms with van der Waals surface area (Å²) < 4.78 is 5.85. The second kappa shape index (κ2) is 9.36. The summed E-state index contributed by atoms with van der Waals surface area (Å²) in [4.78, 5) is 13.8. The van der Waals surface area contributed by atoms with Crippen LogP contribution in [0.15, 0.2) is 36.4 Å². The molecular weight excluding hydrogens is 421 g/mol. The van der Waals surface area contributed by atoms with E-state index < -0.39 is 11.9 Å². The van der Waals surface area contributed by atoms with E-state index in [1.54, 1.807) is 18.2 Å². The first kappa shape index (κ1) is 21.3. The van der Waals surface area contributed by atoms with Gasteiger partial charge < -0.3 is 9.84 Å². The van der Waals surface area contributed by atoms with Gasteiger partial charge in [0.2, 0.25) is 0 Å². The minimum Gasteiger partial charge on any atom is -0.494 e. The molecule has 0 spiro atoms. The predicted molar refractivity (Wildman–Crippen MR) is 113 cm³/mol. The third kappa shape index (κ3) is 4.74. The summed E-state index contributed by atoms with van der Waals surface area (Å²) in [6.45, 7) is 3.61. The van der Waals surface area contributed by atoms with Crippen molar-refractivity contribution in [3.8, 4) is 5.75 Å². The standard InChI is InChI=1S/C21H22Cl3NO3/c1-2-28-19-8-6-14(22)10-17(19)20(16-7-5-15(23)11-18(16)24)25-9-3-4-13(12-25)21(26)27/h5-8,10-11,13,20H,2-4,9,12H2,1H3,(H,26,27). The average molecular weight is 443 g/mol. The highest BCUT2D eigenvalue weighted by Gasteiger charge is 2.33. The summed E-state index contributed by atoms with van der Waals surface area (Å²) in [5, 5.41) is 11.2. The molecule has 0 amide bonds. The highest BCUT2D eigenvalue weighted by atomic mass is 35.5. The van der Waals surface area contributed by atoms with Gasteiger partial charge in [0.05, 0.1) is 18.6 Å². The van der Waals surface area contributed by atoms with Crippen LogP contribution in [0.2, 0.25) is 15.1 Å². The van der Waals surface area contributed by atoms with Crippen LogP contribution in [0, 0.1) is 5.92 Å². The van der Waals surface area contributed by atoms with E-state index >= 15 is 0 Å². The zero-order valence-corrected chi connectivity index (χ0v) is 17.8. The molecule has 2 atom stereocenters. The van der Waals surface area contributed by atoms with Gasteiger partial charge in [0, 0.05) is 27.2 Å². The highest BCUT2D eigenvalue weighted by molar-refractivity contribution is 6.35. The number of rotatable bonds is 6. The maximum absolute atomic E-state index is 11.6. The van der Waals surface area contributed by atoms with Gasteiger partial charge >= 0.3 is 5.97 Å². The first-order chi connectivity index (χ1) is 13.4. The molecule has 1 N–H and O–H groups in total. The molecule has 2 aromatic rings. The number of halogens is 3. The first-order valence-corrected chi connectivity index (χ1v) is 10.4. The van der Waals surface area contributed by atoms with Gasteiger partial charge in [-0.2, -0.15) is 0 Å². The average Bonchev–Trinajstić information content (AvgIpc) is 2.66. The van der Waals surface area contributed by atoms with Crippen molar-refractivity contribution in [2.45, 2.75) is 25.8 Å². The normalized spacial score (nSPS) is 18.6. The Kier molecular flexibility index (Phi) is 7.10. The number of aliphatic carboxylic acids is 1. The van der Waals surface area contributed by atoms with E-state index in [0.717, 1.165) is 24.1 Å². The summed E-state index contributed by atoms with van der Waals surface area (Å²) >= 11 is 19.0. The van der Waals surface area contributed by atoms with E-state index in [0.29, 0.717) is 40.4 Å². The molecule has 150 valence electrons. The zero-order valence-electron chi connectivity index (χ0n) is 15.5. The van der Waals surface area contributed by atoms with Crippen molar-refractivity contribution in [1.29, 1.82) is 0 Å². The van der Waals surface area contributed by atoms with Crippen LogP contribution in [0.3, 0.4) is 0 Å². The number of hydrogen-bond acceptors (Lipinski definition) is 3. The second-order valence-corrected chi connectivity index (χ2v) is 8.14. The van der Waals surface area contributed by atoms with Gasteiger partial charge in [-0.1, -0.05) is 40.9 Å². The molecular formula is C21H22Cl3NO3. The molecule has 0 aromatic heterocycles. The second-order valence-electron chi connectivity index (χ2n) is 6.86. The van der Waals surface area contributed by atoms with Gasteiger partial charge in [-0.25, -0.2) is 0 Å². The number of ether oxygens (including phenoxy) is 1. The van der Waals surface area contributed by atoms with Crippen molar-refractivity contribution < 1.29 is 14.6 Å². The molecule has 1 aliphatic heterocycles. The fourth-order valence-electron chi connectivity index (χ4n) is 3.75. The van der Waals surface area contributed by atoms with E-state index in [-0.39, 0.29) is 6.04 Å². The van der Waals surface area contributed by atoms with Gasteiger partial charge in [-0.05, 0) is 62.2 Å². The topological polar surface area (TPSA) is 49.8 Å². The fourth-order valence-corrected chi connectivity index (χ4v) is 4.44. The van der Waals surface area contributed by atoms with Crippen molar-refractivity contribution in [2.75, 3.05) is 19.7 Å². The Bertz CT molecular complexity index is 859. The monoisotopic (exact) mass is 441 g/mol. The minimum absolute atomic E-state index is 0.285. The van der Waals surface area contributed by atoms with Crippen LogP contribution in [0.1, 0.15) is 36.9 Å². The van der Waals surface area contributed by atoms with Gasteiger partial charge in [-0.15, -0.1) is 0 Å². The summed E-state index contributed by atoms with van der Waals surface area (Å²) in [5.41, 5.74) is 1.71. The SMILES string of the molecule is CCOc1ccc(Cl)cc1C(c1ccc(Cl)cc1Cl)N1CCCC(C(=O)O)C1. The van der Waals surface area contributed by atoms with Gasteiger partial charge in [0.25, 0.3) is 0 Å². The van der Waals surface area contributed by atoms with Gasteiger partial charge in [0.1, 0.15) is 5.75 Å². The molecule has 0 saturated carbocycles. The largest absolute Gasteiger partial charge is 0.494 e. The van der Waals surface area contributed by atoms with Crippen LogP contribution in [0.25, 0.3) is 0 Å². The molecule has 2 unspecified atom stereocenters. The molecule has 3 rings (SSSR count). The molecule has 1 fully saturated rings. The van der Waals surface area contributed by atoms with Crippen LogP contribution >= 0.6 is 34.8 Å². The Hall–Kier alpha value is -1.46. The van der Waals surface area contributed by atoms with E-state index in [2.05, 4.69) is 4.90 Å². The van der Waals surface area contributed by atoms with Crippen molar-refractivity contribution in [3.63, 3.8) is 0 Å². The lowest BCUT2D eigenvalue weighted by Crippen LogP contribution is -2.41. The minimum atomic E-state index is -0.776. The zero-order chi connectivity index (χ0) is 20.3. The van der Waals surface area contributed by atoms with Gasteiger partial charge in [0.15, 0.2) is 0 Å². The van der Waals surface area contributed by atoms with Gasteiger partial charge in [-0.3, -0.25) is 9.69 Å². The van der Waals surface area contributed by atoms with E-state index in [1.807, 2.05) is 25.1 Å². The first-order valence-electron chi connectivity index (χ1n) is 9.24. The molecule has 1 saturated heterocycles. The summed E-state index contributed by atoms with van der Waals surface area (Å²) in [5.74, 6) is -0.487. The van der Waals surface area contributed by atoms with E-state index in [9.17, 15) is 9.90 Å². The molecule has 28 heavy (non-hydrogen) atoms. The van der Waals surface area contributed by atoms with Crippen molar-refractivity contribution >= 4 is 40.8 Å². The third-order valence-electron chi connectivity index (χ3n) is 4.99. The molecule has 0 aliphatic carbocycles. The summed E-state index contributed by atoms with van der Waals surface area (Å²) in [6, 6.07) is 10.6. The van der Waals surface area contributed by atoms with Crippen LogP contribution in [-0.4, -0.2) is 35.7 Å². The number of likely N-dealkylation sites (tertiary alicyclic amines) is 1. The molecule has 1 heterocycles. The number of carbonyl (C=O) groups is 1. The highest BCUT2D eigenvalue weighted by Crippen LogP contribution is 2.41. The lowest BCUT2D eigenvalue weighted by Gasteiger charge is -2.38. The molecule has 0 bridgehead atoms. The molecule has 2 aromatic carbocycles. The van der Waals surface area contributed by atoms with Crippen LogP contribution in [0.5, 0.6) is 5.75 Å². The maximum atomic E-state index is 11.6. The quantitative estimate of drug-likeness (QED) is 0.602. The number of carboxylic acid groups (broad SMARTS) is 1. The maximum Gasteiger partial charge on any atom is 0.307 e. The van der Waals surface area contributed by atoms with Crippen LogP contribution < -0.4 is 4.74 Å². The van der Waals surface area contributed by atoms with Crippen molar-refractivity contribution in [3.05, 3.63) is 62.6 Å². The number of hydrogen-bond donors (Lipinski definition) is 1. The Morgan fingerprint density at radius 1 is 1.18 bits per heavy atom. The van der Waals surface area contributed by atoms with Crippen LogP contribution in [-0.2, 0) is 4.79 Å². The fraction of sp³-hybridized carbons (Fsp3) is 0.381. The van der Waals surface area contributed by atoms with Crippen molar-refractivity contribution in [1.82, 2.24) is 4.90 Å². The summed E-state index contributed by atoms with van der Waals surface area (Å²) in [6.07, 6.45) is 1.46. The number of carboxylic acids is 1. The lowest BCUT2D eigenvalue weighted by atomic mass is 9.91. The molecule has 0 radical (unpaired) electrons. The Labute approximate surface area is 180 Å². The third-order valence-corrected chi connectivity index (χ3v) is 5.79. The van der Waals surface area contributed by atoms with E-state index in [4.69, 9.17) is 39.5 Å². The Balaban J connectivity index is 2.12. The lowest BCUT2D eigenvalue weighted by molar-refractivity contribution is -0.143. The molecule has 1 aliphatic rings. The number of nitrogens with zero attached hydrogens (tertiary/aromatic N) is 1.